The predicted octanol–water partition coefficient (Wildman–Crippen LogP) is 6.66. The Morgan fingerprint density at radius 3 is 2.20 bits per heavy atom. The van der Waals surface area contributed by atoms with Gasteiger partial charge in [-0.05, 0) is 89.9 Å². The molecule has 41 heavy (non-hydrogen) atoms. The molecule has 0 bridgehead atoms. The molecule has 6 rings (SSSR count). The molecule has 0 saturated carbocycles. The zero-order valence-corrected chi connectivity index (χ0v) is 23.1. The Balaban J connectivity index is 0.000000166. The van der Waals surface area contributed by atoms with Gasteiger partial charge in [0.15, 0.2) is 5.78 Å². The smallest absolute Gasteiger partial charge is 0.269 e. The second-order valence-corrected chi connectivity index (χ2v) is 10.3. The molecule has 1 unspecified atom stereocenters. The van der Waals surface area contributed by atoms with E-state index in [4.69, 9.17) is 15.2 Å². The van der Waals surface area contributed by atoms with E-state index < -0.39 is 4.92 Å². The van der Waals surface area contributed by atoms with Crippen LogP contribution in [0.1, 0.15) is 38.2 Å². The maximum absolute atomic E-state index is 12.4. The number of non-ortho nitro benzene ring substituents is 1. The van der Waals surface area contributed by atoms with Crippen molar-refractivity contribution in [2.24, 2.45) is 5.92 Å². The van der Waals surface area contributed by atoms with Crippen LogP contribution in [0, 0.1) is 16.0 Å². The molecule has 4 aromatic carbocycles. The number of nitro benzene ring substituents is 1. The van der Waals surface area contributed by atoms with Gasteiger partial charge in [0, 0.05) is 40.9 Å². The van der Waals surface area contributed by atoms with Crippen LogP contribution in [0.4, 0.5) is 11.4 Å². The van der Waals surface area contributed by atoms with Crippen LogP contribution in [0.25, 0.3) is 6.08 Å². The molecule has 0 aliphatic heterocycles. The van der Waals surface area contributed by atoms with Crippen molar-refractivity contribution in [2.75, 3.05) is 20.0 Å². The summed E-state index contributed by atoms with van der Waals surface area (Å²) in [6, 6.07) is 26.2. The van der Waals surface area contributed by atoms with Gasteiger partial charge in [-0.15, -0.1) is 0 Å². The molecule has 0 radical (unpaired) electrons. The molecule has 0 amide bonds. The van der Waals surface area contributed by atoms with Crippen molar-refractivity contribution in [1.29, 1.82) is 0 Å². The maximum atomic E-state index is 12.4. The Labute approximate surface area is 239 Å². The Hall–Kier alpha value is -4.91. The van der Waals surface area contributed by atoms with Gasteiger partial charge in [0.25, 0.3) is 5.69 Å². The first-order chi connectivity index (χ1) is 19.9. The van der Waals surface area contributed by atoms with E-state index in [9.17, 15) is 14.9 Å². The number of methoxy groups -OCH3 is 2. The van der Waals surface area contributed by atoms with Crippen LogP contribution in [0.5, 0.6) is 11.5 Å². The molecule has 1 atom stereocenters. The van der Waals surface area contributed by atoms with E-state index in [1.165, 1.54) is 28.8 Å². The van der Waals surface area contributed by atoms with Gasteiger partial charge in [-0.3, -0.25) is 14.9 Å². The number of nitrogens with zero attached hydrogens (tertiary/aromatic N) is 1. The van der Waals surface area contributed by atoms with Crippen LogP contribution >= 0.6 is 0 Å². The number of benzene rings is 4. The molecular weight excluding hydrogens is 516 g/mol. The number of allylic oxidation sites excluding steroid dienone is 1. The molecule has 0 spiro atoms. The normalized spacial score (nSPS) is 16.0. The summed E-state index contributed by atoms with van der Waals surface area (Å²) < 4.78 is 10.7. The molecule has 0 heterocycles. The van der Waals surface area contributed by atoms with E-state index in [-0.39, 0.29) is 11.5 Å². The summed E-state index contributed by atoms with van der Waals surface area (Å²) in [7, 11) is 3.33. The van der Waals surface area contributed by atoms with E-state index >= 15 is 0 Å². The summed E-state index contributed by atoms with van der Waals surface area (Å²) in [5, 5.41) is 10.7. The van der Waals surface area contributed by atoms with Crippen LogP contribution in [0.3, 0.4) is 0 Å². The molecule has 4 aromatic rings. The third-order valence-corrected chi connectivity index (χ3v) is 7.66. The van der Waals surface area contributed by atoms with Crippen molar-refractivity contribution in [3.05, 3.63) is 134 Å². The van der Waals surface area contributed by atoms with Crippen LogP contribution in [0.15, 0.2) is 90.5 Å². The second kappa shape index (κ2) is 12.1. The van der Waals surface area contributed by atoms with E-state index in [2.05, 4.69) is 30.3 Å². The van der Waals surface area contributed by atoms with E-state index in [1.807, 2.05) is 18.2 Å². The second-order valence-electron chi connectivity index (χ2n) is 10.3. The van der Waals surface area contributed by atoms with Crippen molar-refractivity contribution in [2.45, 2.75) is 25.7 Å². The van der Waals surface area contributed by atoms with Crippen LogP contribution in [0.2, 0.25) is 0 Å². The highest BCUT2D eigenvalue weighted by Gasteiger charge is 2.27. The number of anilines is 1. The third kappa shape index (κ3) is 6.14. The number of fused-ring (bicyclic) bond motifs is 2. The first kappa shape index (κ1) is 27.6. The Morgan fingerprint density at radius 2 is 1.54 bits per heavy atom. The highest BCUT2D eigenvalue weighted by Crippen LogP contribution is 2.36. The minimum atomic E-state index is -0.446. The van der Waals surface area contributed by atoms with Gasteiger partial charge in [0.2, 0.25) is 0 Å². The summed E-state index contributed by atoms with van der Waals surface area (Å²) in [5.41, 5.74) is 13.8. The molecule has 208 valence electrons. The summed E-state index contributed by atoms with van der Waals surface area (Å²) in [5.74, 6) is 2.40. The zero-order valence-electron chi connectivity index (χ0n) is 23.1. The number of Topliss-reactive ketones (excluding diaryl/α,β-unsaturated/α-hetero) is 1. The highest BCUT2D eigenvalue weighted by molar-refractivity contribution is 6.16. The lowest BCUT2D eigenvalue weighted by Gasteiger charge is -2.09. The predicted molar refractivity (Wildman–Crippen MR) is 161 cm³/mol. The molecule has 0 fully saturated rings. The largest absolute Gasteiger partial charge is 0.496 e. The van der Waals surface area contributed by atoms with Crippen LogP contribution < -0.4 is 15.2 Å². The first-order valence-corrected chi connectivity index (χ1v) is 13.5. The number of nitrogen functional groups attached to an aromatic ring is 1. The Morgan fingerprint density at radius 1 is 0.878 bits per heavy atom. The summed E-state index contributed by atoms with van der Waals surface area (Å²) in [6.45, 7) is 0. The molecule has 2 N–H and O–H groups in total. The average Bonchev–Trinajstić information content (AvgIpc) is 3.55. The van der Waals surface area contributed by atoms with Crippen LogP contribution in [-0.4, -0.2) is 24.9 Å². The van der Waals surface area contributed by atoms with Crippen molar-refractivity contribution < 1.29 is 19.2 Å². The van der Waals surface area contributed by atoms with E-state index in [1.54, 1.807) is 44.6 Å². The van der Waals surface area contributed by atoms with Gasteiger partial charge in [-0.25, -0.2) is 0 Å². The molecule has 0 saturated heterocycles. The van der Waals surface area contributed by atoms with Crippen molar-refractivity contribution in [3.8, 4) is 11.5 Å². The van der Waals surface area contributed by atoms with E-state index in [0.717, 1.165) is 41.8 Å². The van der Waals surface area contributed by atoms with Gasteiger partial charge in [0.05, 0.1) is 19.1 Å². The van der Waals surface area contributed by atoms with Gasteiger partial charge in [0.1, 0.15) is 11.5 Å². The summed E-state index contributed by atoms with van der Waals surface area (Å²) in [6.07, 6.45) is 5.65. The number of nitro groups is 1. The Bertz CT molecular complexity index is 1610. The standard InChI is InChI=1S/C17H13NO4.C17H19NO/c1-22-16-4-2-3-14-15(16)10-12(17(14)19)9-11-5-7-13(8-6-11)18(20)21;1-19-17-4-2-3-14-10-13(11-16(14)17)9-12-5-7-15(18)8-6-12/h2-9H,10H2,1H3;2-8,13H,9-11,18H2,1H3. The number of ether oxygens (including phenoxy) is 2. The lowest BCUT2D eigenvalue weighted by molar-refractivity contribution is -0.384. The minimum Gasteiger partial charge on any atom is -0.496 e. The van der Waals surface area contributed by atoms with Gasteiger partial charge in [-0.2, -0.15) is 0 Å². The number of hydrogen-bond donors (Lipinski definition) is 1. The number of rotatable bonds is 6. The number of carbonyl (C=O) groups excluding carboxylic acids is 1. The lowest BCUT2D eigenvalue weighted by Crippen LogP contribution is -2.04. The molecule has 7 heteroatoms. The summed E-state index contributed by atoms with van der Waals surface area (Å²) >= 11 is 0. The highest BCUT2D eigenvalue weighted by atomic mass is 16.6. The molecule has 0 aromatic heterocycles. The van der Waals surface area contributed by atoms with Crippen LogP contribution in [-0.2, 0) is 25.7 Å². The molecule has 2 aliphatic rings. The molecular formula is C34H32N2O5. The van der Waals surface area contributed by atoms with Crippen molar-refractivity contribution >= 4 is 23.2 Å². The quantitative estimate of drug-likeness (QED) is 0.125. The van der Waals surface area contributed by atoms with Crippen molar-refractivity contribution in [3.63, 3.8) is 0 Å². The van der Waals surface area contributed by atoms with Gasteiger partial charge < -0.3 is 15.2 Å². The topological polar surface area (TPSA) is 105 Å². The number of ketones is 1. The zero-order chi connectivity index (χ0) is 28.9. The number of carbonyl (C=O) groups is 1. The minimum absolute atomic E-state index is 0.0211. The fraction of sp³-hybridized carbons (Fsp3) is 0.206. The molecule has 7 nitrogen and oxygen atoms in total. The fourth-order valence-corrected chi connectivity index (χ4v) is 5.63. The van der Waals surface area contributed by atoms with Gasteiger partial charge >= 0.3 is 0 Å². The summed E-state index contributed by atoms with van der Waals surface area (Å²) in [4.78, 5) is 22.6. The Kier molecular flexibility index (Phi) is 8.15. The fourth-order valence-electron chi connectivity index (χ4n) is 5.63. The monoisotopic (exact) mass is 548 g/mol. The number of nitrogens with two attached hydrogens (primary N) is 1. The lowest BCUT2D eigenvalue weighted by atomic mass is 9.96. The third-order valence-electron chi connectivity index (χ3n) is 7.66. The van der Waals surface area contributed by atoms with Crippen molar-refractivity contribution in [1.82, 2.24) is 0 Å². The number of hydrogen-bond acceptors (Lipinski definition) is 6. The average molecular weight is 549 g/mol. The first-order valence-electron chi connectivity index (χ1n) is 13.5. The maximum Gasteiger partial charge on any atom is 0.269 e. The molecule has 2 aliphatic carbocycles. The van der Waals surface area contributed by atoms with E-state index in [0.29, 0.717) is 29.2 Å². The van der Waals surface area contributed by atoms with Gasteiger partial charge in [-0.1, -0.05) is 36.4 Å². The SMILES string of the molecule is COc1cccc2c1CC(=Cc1ccc([N+](=O)[O-])cc1)C2=O.COc1cccc2c1CC(Cc1ccc(N)cc1)C2.